The second kappa shape index (κ2) is 9.38. The second-order valence-electron chi connectivity index (χ2n) is 3.01. The van der Waals surface area contributed by atoms with Crippen LogP contribution in [0.4, 0.5) is 4.79 Å². The van der Waals surface area contributed by atoms with Gasteiger partial charge >= 0.3 is 6.03 Å². The fourth-order valence-electron chi connectivity index (χ4n) is 0.922. The molecule has 6 nitrogen and oxygen atoms in total. The van der Waals surface area contributed by atoms with Gasteiger partial charge in [-0.3, -0.25) is 10.1 Å². The minimum Gasteiger partial charge on any atom is -0.382 e. The molecule has 0 bridgehead atoms. The first-order valence-corrected chi connectivity index (χ1v) is 5.32. The highest BCUT2D eigenvalue weighted by Crippen LogP contribution is 1.88. The van der Waals surface area contributed by atoms with Gasteiger partial charge in [-0.1, -0.05) is 0 Å². The van der Waals surface area contributed by atoms with Gasteiger partial charge in [-0.25, -0.2) is 4.79 Å². The topological polar surface area (TPSA) is 76.7 Å². The summed E-state index contributed by atoms with van der Waals surface area (Å²) in [7, 11) is 3.05. The molecule has 0 aromatic heterocycles. The highest BCUT2D eigenvalue weighted by Gasteiger charge is 2.10. The lowest BCUT2D eigenvalue weighted by Gasteiger charge is -2.14. The van der Waals surface area contributed by atoms with Crippen LogP contribution < -0.4 is 10.6 Å². The maximum Gasteiger partial charge on any atom is 0.321 e. The van der Waals surface area contributed by atoms with Crippen LogP contribution in [0.3, 0.4) is 0 Å². The highest BCUT2D eigenvalue weighted by atomic mass is 35.5. The van der Waals surface area contributed by atoms with Gasteiger partial charge in [-0.05, 0) is 0 Å². The Morgan fingerprint density at radius 3 is 2.56 bits per heavy atom. The fourth-order valence-corrected chi connectivity index (χ4v) is 1.09. The summed E-state index contributed by atoms with van der Waals surface area (Å²) in [4.78, 5) is 22.2. The van der Waals surface area contributed by atoms with E-state index in [2.05, 4.69) is 10.6 Å². The Morgan fingerprint density at radius 1 is 1.38 bits per heavy atom. The standard InChI is InChI=1S/C9H17ClN2O4/c1-15-6-7(16-2)5-11-9(14)12-8(13)3-4-10/h7H,3-6H2,1-2H3,(H2,11,12,13,14). The van der Waals surface area contributed by atoms with Crippen molar-refractivity contribution in [2.45, 2.75) is 12.5 Å². The molecule has 0 saturated carbocycles. The number of nitrogens with one attached hydrogen (secondary N) is 2. The Balaban J connectivity index is 3.74. The monoisotopic (exact) mass is 252 g/mol. The molecule has 1 unspecified atom stereocenters. The third kappa shape index (κ3) is 7.44. The van der Waals surface area contributed by atoms with Crippen LogP contribution in [0.1, 0.15) is 6.42 Å². The predicted octanol–water partition coefficient (Wildman–Crippen LogP) is 0.102. The summed E-state index contributed by atoms with van der Waals surface area (Å²) in [6.45, 7) is 0.636. The average Bonchev–Trinajstić information content (AvgIpc) is 2.24. The summed E-state index contributed by atoms with van der Waals surface area (Å²) >= 11 is 5.34. The first kappa shape index (κ1) is 15.2. The van der Waals surface area contributed by atoms with E-state index < -0.39 is 11.9 Å². The number of rotatable bonds is 7. The van der Waals surface area contributed by atoms with Gasteiger partial charge in [0.05, 0.1) is 12.7 Å². The summed E-state index contributed by atoms with van der Waals surface area (Å²) in [5.41, 5.74) is 0. The zero-order chi connectivity index (χ0) is 12.4. The number of carbonyl (C=O) groups is 2. The van der Waals surface area contributed by atoms with Crippen LogP contribution >= 0.6 is 11.6 Å². The Morgan fingerprint density at radius 2 is 2.06 bits per heavy atom. The van der Waals surface area contributed by atoms with Crippen molar-refractivity contribution >= 4 is 23.5 Å². The summed E-state index contributed by atoms with van der Waals surface area (Å²) in [6.07, 6.45) is -0.125. The first-order chi connectivity index (χ1) is 7.63. The number of methoxy groups -OCH3 is 2. The van der Waals surface area contributed by atoms with Crippen LogP contribution in [0.15, 0.2) is 0 Å². The number of hydrogen-bond acceptors (Lipinski definition) is 4. The van der Waals surface area contributed by atoms with Crippen molar-refractivity contribution in [1.29, 1.82) is 0 Å². The molecule has 0 aromatic carbocycles. The number of amides is 3. The molecular formula is C9H17ClN2O4. The van der Waals surface area contributed by atoms with Crippen molar-refractivity contribution < 1.29 is 19.1 Å². The van der Waals surface area contributed by atoms with E-state index in [4.69, 9.17) is 21.1 Å². The minimum absolute atomic E-state index is 0.112. The normalized spacial score (nSPS) is 11.9. The molecule has 0 spiro atoms. The van der Waals surface area contributed by atoms with Crippen molar-refractivity contribution in [3.8, 4) is 0 Å². The summed E-state index contributed by atoms with van der Waals surface area (Å²) < 4.78 is 9.89. The number of urea groups is 1. The predicted molar refractivity (Wildman–Crippen MR) is 59.6 cm³/mol. The van der Waals surface area contributed by atoms with E-state index in [1.807, 2.05) is 0 Å². The molecule has 3 amide bonds. The van der Waals surface area contributed by atoms with Crippen molar-refractivity contribution in [2.24, 2.45) is 0 Å². The minimum atomic E-state index is -0.562. The number of ether oxygens (including phenoxy) is 2. The van der Waals surface area contributed by atoms with Gasteiger partial charge in [-0.2, -0.15) is 0 Å². The molecule has 94 valence electrons. The number of hydrogen-bond donors (Lipinski definition) is 2. The first-order valence-electron chi connectivity index (χ1n) is 4.79. The molecular weight excluding hydrogens is 236 g/mol. The van der Waals surface area contributed by atoms with Crippen molar-refractivity contribution in [1.82, 2.24) is 10.6 Å². The molecule has 0 radical (unpaired) electrons. The van der Waals surface area contributed by atoms with Crippen LogP contribution in [-0.4, -0.2) is 51.3 Å². The van der Waals surface area contributed by atoms with Crippen LogP contribution in [0.25, 0.3) is 0 Å². The smallest absolute Gasteiger partial charge is 0.321 e. The van der Waals surface area contributed by atoms with Crippen LogP contribution in [0.2, 0.25) is 0 Å². The molecule has 0 aliphatic rings. The SMILES string of the molecule is COCC(CNC(=O)NC(=O)CCCl)OC. The summed E-state index contributed by atoms with van der Waals surface area (Å²) in [5, 5.41) is 4.62. The Labute approximate surface area is 99.6 Å². The van der Waals surface area contributed by atoms with Gasteiger partial charge in [0, 0.05) is 33.1 Å². The van der Waals surface area contributed by atoms with E-state index in [0.717, 1.165) is 0 Å². The van der Waals surface area contributed by atoms with Crippen LogP contribution in [0.5, 0.6) is 0 Å². The third-order valence-corrected chi connectivity index (χ3v) is 1.94. The Bertz CT molecular complexity index is 226. The van der Waals surface area contributed by atoms with E-state index in [1.54, 1.807) is 0 Å². The molecule has 7 heteroatoms. The van der Waals surface area contributed by atoms with Crippen LogP contribution in [-0.2, 0) is 14.3 Å². The Kier molecular flexibility index (Phi) is 8.88. The zero-order valence-electron chi connectivity index (χ0n) is 9.42. The maximum absolute atomic E-state index is 11.2. The lowest BCUT2D eigenvalue weighted by Crippen LogP contribution is -2.43. The Hall–Kier alpha value is -0.850. The molecule has 16 heavy (non-hydrogen) atoms. The summed E-state index contributed by atoms with van der Waals surface area (Å²) in [5.74, 6) is -0.225. The van der Waals surface area contributed by atoms with Gasteiger partial charge in [-0.15, -0.1) is 11.6 Å². The second-order valence-corrected chi connectivity index (χ2v) is 3.39. The fraction of sp³-hybridized carbons (Fsp3) is 0.778. The van der Waals surface area contributed by atoms with E-state index in [9.17, 15) is 9.59 Å². The van der Waals surface area contributed by atoms with Gasteiger partial charge < -0.3 is 14.8 Å². The number of alkyl halides is 1. The van der Waals surface area contributed by atoms with Crippen molar-refractivity contribution in [3.63, 3.8) is 0 Å². The largest absolute Gasteiger partial charge is 0.382 e. The molecule has 1 atom stereocenters. The van der Waals surface area contributed by atoms with E-state index in [0.29, 0.717) is 6.61 Å². The number of carbonyl (C=O) groups excluding carboxylic acids is 2. The van der Waals surface area contributed by atoms with Crippen molar-refractivity contribution in [2.75, 3.05) is 33.3 Å². The molecule has 0 heterocycles. The van der Waals surface area contributed by atoms with Crippen LogP contribution in [0, 0.1) is 0 Å². The number of imide groups is 1. The highest BCUT2D eigenvalue weighted by molar-refractivity contribution is 6.19. The quantitative estimate of drug-likeness (QED) is 0.630. The molecule has 0 aliphatic heterocycles. The van der Waals surface area contributed by atoms with E-state index >= 15 is 0 Å². The lowest BCUT2D eigenvalue weighted by molar-refractivity contribution is -0.119. The lowest BCUT2D eigenvalue weighted by atomic mass is 10.4. The molecule has 0 saturated heterocycles. The van der Waals surface area contributed by atoms with Gasteiger partial charge in [0.15, 0.2) is 0 Å². The molecule has 0 aliphatic carbocycles. The van der Waals surface area contributed by atoms with Gasteiger partial charge in [0.1, 0.15) is 0 Å². The molecule has 0 fully saturated rings. The number of halogens is 1. The molecule has 0 rings (SSSR count). The molecule has 2 N–H and O–H groups in total. The molecule has 0 aromatic rings. The van der Waals surface area contributed by atoms with Crippen molar-refractivity contribution in [3.05, 3.63) is 0 Å². The summed E-state index contributed by atoms with van der Waals surface area (Å²) in [6, 6.07) is -0.562. The van der Waals surface area contributed by atoms with E-state index in [-0.39, 0.29) is 24.9 Å². The third-order valence-electron chi connectivity index (χ3n) is 1.75. The van der Waals surface area contributed by atoms with Gasteiger partial charge in [0.25, 0.3) is 0 Å². The van der Waals surface area contributed by atoms with Gasteiger partial charge in [0.2, 0.25) is 5.91 Å². The van der Waals surface area contributed by atoms with E-state index in [1.165, 1.54) is 14.2 Å². The maximum atomic E-state index is 11.2. The zero-order valence-corrected chi connectivity index (χ0v) is 10.2. The average molecular weight is 253 g/mol.